The van der Waals surface area contributed by atoms with Gasteiger partial charge in [0.15, 0.2) is 0 Å². The first-order valence-corrected chi connectivity index (χ1v) is 8.13. The zero-order valence-electron chi connectivity index (χ0n) is 11.0. The van der Waals surface area contributed by atoms with Crippen LogP contribution in [0.3, 0.4) is 0 Å². The number of hydrogen-bond acceptors (Lipinski definition) is 2. The molecule has 0 saturated heterocycles. The van der Waals surface area contributed by atoms with E-state index in [0.29, 0.717) is 0 Å². The van der Waals surface area contributed by atoms with Crippen LogP contribution in [0.1, 0.15) is 21.5 Å². The van der Waals surface area contributed by atoms with Gasteiger partial charge in [-0.1, -0.05) is 50.1 Å². The SMILES string of the molecule is COc1cc(Br)ccc1C(Br)c1ccc2c(c1)CCO2. The maximum Gasteiger partial charge on any atom is 0.124 e. The third-order valence-electron chi connectivity index (χ3n) is 3.47. The average Bonchev–Trinajstić information content (AvgIpc) is 2.93. The van der Waals surface area contributed by atoms with Crippen molar-refractivity contribution in [1.82, 2.24) is 0 Å². The van der Waals surface area contributed by atoms with Crippen LogP contribution in [-0.2, 0) is 6.42 Å². The maximum atomic E-state index is 5.55. The summed E-state index contributed by atoms with van der Waals surface area (Å²) in [6, 6.07) is 12.5. The van der Waals surface area contributed by atoms with Gasteiger partial charge in [-0.05, 0) is 29.3 Å². The van der Waals surface area contributed by atoms with E-state index in [0.717, 1.165) is 34.6 Å². The number of alkyl halides is 1. The number of rotatable bonds is 3. The normalized spacial score (nSPS) is 14.6. The van der Waals surface area contributed by atoms with Crippen molar-refractivity contribution in [3.63, 3.8) is 0 Å². The van der Waals surface area contributed by atoms with Gasteiger partial charge < -0.3 is 9.47 Å². The van der Waals surface area contributed by atoms with Gasteiger partial charge in [-0.2, -0.15) is 0 Å². The van der Waals surface area contributed by atoms with Gasteiger partial charge in [0.05, 0.1) is 18.5 Å². The standard InChI is InChI=1S/C16H14Br2O2/c1-19-15-9-12(17)3-4-13(15)16(18)11-2-5-14-10(8-11)6-7-20-14/h2-5,8-9,16H,6-7H2,1H3. The molecule has 2 nitrogen and oxygen atoms in total. The molecule has 0 fully saturated rings. The fraction of sp³-hybridized carbons (Fsp3) is 0.250. The topological polar surface area (TPSA) is 18.5 Å². The number of halogens is 2. The van der Waals surface area contributed by atoms with Crippen molar-refractivity contribution < 1.29 is 9.47 Å². The number of methoxy groups -OCH3 is 1. The van der Waals surface area contributed by atoms with Crippen LogP contribution in [0.25, 0.3) is 0 Å². The minimum atomic E-state index is 0.108. The highest BCUT2D eigenvalue weighted by Crippen LogP contribution is 2.39. The Morgan fingerprint density at radius 2 is 2.05 bits per heavy atom. The summed E-state index contributed by atoms with van der Waals surface area (Å²) in [5.74, 6) is 1.88. The summed E-state index contributed by atoms with van der Waals surface area (Å²) in [6.45, 7) is 0.785. The van der Waals surface area contributed by atoms with E-state index in [1.807, 2.05) is 12.1 Å². The Kier molecular flexibility index (Phi) is 4.03. The van der Waals surface area contributed by atoms with Crippen LogP contribution in [0.2, 0.25) is 0 Å². The first-order chi connectivity index (χ1) is 9.69. The largest absolute Gasteiger partial charge is 0.496 e. The molecule has 2 aromatic carbocycles. The van der Waals surface area contributed by atoms with Crippen LogP contribution in [-0.4, -0.2) is 13.7 Å². The Bertz CT molecular complexity index is 640. The van der Waals surface area contributed by atoms with Crippen LogP contribution in [0, 0.1) is 0 Å². The molecular formula is C16H14Br2O2. The van der Waals surface area contributed by atoms with E-state index in [9.17, 15) is 0 Å². The average molecular weight is 398 g/mol. The molecule has 0 amide bonds. The van der Waals surface area contributed by atoms with Crippen LogP contribution in [0.5, 0.6) is 11.5 Å². The van der Waals surface area contributed by atoms with Crippen molar-refractivity contribution in [3.05, 3.63) is 57.6 Å². The van der Waals surface area contributed by atoms with Crippen LogP contribution in [0.4, 0.5) is 0 Å². The van der Waals surface area contributed by atoms with Gasteiger partial charge >= 0.3 is 0 Å². The van der Waals surface area contributed by atoms with Gasteiger partial charge in [-0.25, -0.2) is 0 Å². The molecule has 1 heterocycles. The second kappa shape index (κ2) is 5.78. The predicted octanol–water partition coefficient (Wildman–Crippen LogP) is 4.88. The summed E-state index contributed by atoms with van der Waals surface area (Å²) >= 11 is 7.25. The Balaban J connectivity index is 1.98. The molecule has 1 aliphatic rings. The molecule has 4 heteroatoms. The second-order valence-corrected chi connectivity index (χ2v) is 6.55. The molecule has 0 saturated carbocycles. The van der Waals surface area contributed by atoms with Crippen LogP contribution < -0.4 is 9.47 Å². The second-order valence-electron chi connectivity index (χ2n) is 4.71. The maximum absolute atomic E-state index is 5.55. The van der Waals surface area contributed by atoms with Crippen LogP contribution in [0.15, 0.2) is 40.9 Å². The fourth-order valence-corrected chi connectivity index (χ4v) is 3.44. The summed E-state index contributed by atoms with van der Waals surface area (Å²) in [4.78, 5) is 0.108. The lowest BCUT2D eigenvalue weighted by Crippen LogP contribution is -1.97. The molecule has 2 aromatic rings. The molecule has 104 valence electrons. The summed E-state index contributed by atoms with van der Waals surface area (Å²) in [7, 11) is 1.70. The third kappa shape index (κ3) is 2.59. The highest BCUT2D eigenvalue weighted by Gasteiger charge is 2.19. The van der Waals surface area contributed by atoms with Crippen LogP contribution >= 0.6 is 31.9 Å². The molecule has 0 N–H and O–H groups in total. The lowest BCUT2D eigenvalue weighted by molar-refractivity contribution is 0.357. The zero-order valence-corrected chi connectivity index (χ0v) is 14.2. The Morgan fingerprint density at radius 1 is 1.20 bits per heavy atom. The molecule has 0 aromatic heterocycles. The summed E-state index contributed by atoms with van der Waals surface area (Å²) in [5.41, 5.74) is 3.62. The number of benzene rings is 2. The van der Waals surface area contributed by atoms with E-state index >= 15 is 0 Å². The summed E-state index contributed by atoms with van der Waals surface area (Å²) < 4.78 is 12.0. The molecule has 3 rings (SSSR count). The van der Waals surface area contributed by atoms with Crippen molar-refractivity contribution in [2.45, 2.75) is 11.2 Å². The first-order valence-electron chi connectivity index (χ1n) is 6.42. The quantitative estimate of drug-likeness (QED) is 0.687. The smallest absolute Gasteiger partial charge is 0.124 e. The number of fused-ring (bicyclic) bond motifs is 1. The summed E-state index contributed by atoms with van der Waals surface area (Å²) in [6.07, 6.45) is 0.986. The molecule has 0 radical (unpaired) electrons. The lowest BCUT2D eigenvalue weighted by atomic mass is 10.0. The molecular weight excluding hydrogens is 384 g/mol. The molecule has 0 aliphatic carbocycles. The molecule has 1 unspecified atom stereocenters. The molecule has 1 aliphatic heterocycles. The van der Waals surface area contributed by atoms with E-state index in [-0.39, 0.29) is 4.83 Å². The van der Waals surface area contributed by atoms with E-state index in [2.05, 4.69) is 56.1 Å². The lowest BCUT2D eigenvalue weighted by Gasteiger charge is -2.16. The molecule has 0 spiro atoms. The van der Waals surface area contributed by atoms with Gasteiger partial charge in [0, 0.05) is 16.5 Å². The molecule has 20 heavy (non-hydrogen) atoms. The number of hydrogen-bond donors (Lipinski definition) is 0. The minimum absolute atomic E-state index is 0.108. The zero-order chi connectivity index (χ0) is 14.1. The Morgan fingerprint density at radius 3 is 2.85 bits per heavy atom. The van der Waals surface area contributed by atoms with Crippen molar-refractivity contribution >= 4 is 31.9 Å². The fourth-order valence-electron chi connectivity index (χ4n) is 2.44. The molecule has 1 atom stereocenters. The van der Waals surface area contributed by atoms with Gasteiger partial charge in [0.1, 0.15) is 11.5 Å². The van der Waals surface area contributed by atoms with E-state index in [1.165, 1.54) is 11.1 Å². The first kappa shape index (κ1) is 14.0. The van der Waals surface area contributed by atoms with Gasteiger partial charge in [0.25, 0.3) is 0 Å². The third-order valence-corrected chi connectivity index (χ3v) is 4.99. The van der Waals surface area contributed by atoms with Gasteiger partial charge in [-0.15, -0.1) is 0 Å². The highest BCUT2D eigenvalue weighted by atomic mass is 79.9. The van der Waals surface area contributed by atoms with E-state index < -0.39 is 0 Å². The van der Waals surface area contributed by atoms with Gasteiger partial charge in [-0.3, -0.25) is 0 Å². The Hall–Kier alpha value is -1.00. The van der Waals surface area contributed by atoms with Crippen molar-refractivity contribution in [1.29, 1.82) is 0 Å². The van der Waals surface area contributed by atoms with E-state index in [4.69, 9.17) is 9.47 Å². The number of ether oxygens (including phenoxy) is 2. The van der Waals surface area contributed by atoms with E-state index in [1.54, 1.807) is 7.11 Å². The van der Waals surface area contributed by atoms with Crippen molar-refractivity contribution in [3.8, 4) is 11.5 Å². The van der Waals surface area contributed by atoms with Gasteiger partial charge in [0.2, 0.25) is 0 Å². The van der Waals surface area contributed by atoms with Crippen molar-refractivity contribution in [2.75, 3.05) is 13.7 Å². The summed E-state index contributed by atoms with van der Waals surface area (Å²) in [5, 5.41) is 0. The monoisotopic (exact) mass is 396 g/mol. The highest BCUT2D eigenvalue weighted by molar-refractivity contribution is 9.10. The molecule has 0 bridgehead atoms. The predicted molar refractivity (Wildman–Crippen MR) is 87.1 cm³/mol. The minimum Gasteiger partial charge on any atom is -0.496 e. The van der Waals surface area contributed by atoms with Crippen molar-refractivity contribution in [2.24, 2.45) is 0 Å². The Labute approximate surface area is 135 Å².